The second-order valence-electron chi connectivity index (χ2n) is 5.72. The first-order valence-electron chi connectivity index (χ1n) is 7.82. The molecule has 1 aromatic carbocycles. The van der Waals surface area contributed by atoms with E-state index in [0.717, 1.165) is 6.42 Å². The fourth-order valence-corrected chi connectivity index (χ4v) is 2.51. The fourth-order valence-electron chi connectivity index (χ4n) is 2.51. The van der Waals surface area contributed by atoms with Crippen LogP contribution in [0.2, 0.25) is 0 Å². The molecule has 2 aromatic rings. The van der Waals surface area contributed by atoms with Gasteiger partial charge in [-0.05, 0) is 37.6 Å². The summed E-state index contributed by atoms with van der Waals surface area (Å²) in [6.07, 6.45) is 0.754. The van der Waals surface area contributed by atoms with E-state index in [1.54, 1.807) is 17.0 Å². The van der Waals surface area contributed by atoms with Crippen molar-refractivity contribution in [2.75, 3.05) is 11.4 Å². The average molecular weight is 331 g/mol. The van der Waals surface area contributed by atoms with E-state index in [1.807, 2.05) is 13.8 Å². The van der Waals surface area contributed by atoms with Crippen molar-refractivity contribution in [3.8, 4) is 0 Å². The van der Waals surface area contributed by atoms with Gasteiger partial charge < -0.3 is 10.2 Å². The molecule has 0 fully saturated rings. The number of carbonyl (C=O) groups is 1. The van der Waals surface area contributed by atoms with Gasteiger partial charge in [0.15, 0.2) is 0 Å². The number of aromatic nitrogens is 3. The van der Waals surface area contributed by atoms with Gasteiger partial charge in [0.05, 0.1) is 0 Å². The van der Waals surface area contributed by atoms with E-state index in [9.17, 15) is 14.0 Å². The van der Waals surface area contributed by atoms with Crippen molar-refractivity contribution in [3.63, 3.8) is 0 Å². The first kappa shape index (κ1) is 16.1. The smallest absolute Gasteiger partial charge is 0.286 e. The quantitative estimate of drug-likeness (QED) is 0.917. The van der Waals surface area contributed by atoms with Gasteiger partial charge in [-0.1, -0.05) is 6.92 Å². The highest BCUT2D eigenvalue weighted by Gasteiger charge is 2.27. The number of hydrogen-bond donors (Lipinski definition) is 1. The van der Waals surface area contributed by atoms with Gasteiger partial charge in [-0.25, -0.2) is 4.39 Å². The molecule has 24 heavy (non-hydrogen) atoms. The van der Waals surface area contributed by atoms with E-state index < -0.39 is 11.5 Å². The van der Waals surface area contributed by atoms with Crippen LogP contribution in [0.5, 0.6) is 0 Å². The molecule has 0 spiro atoms. The van der Waals surface area contributed by atoms with Gasteiger partial charge in [-0.15, -0.1) is 10.2 Å². The number of amides is 1. The number of hydrogen-bond acceptors (Lipinski definition) is 5. The predicted octanol–water partition coefficient (Wildman–Crippen LogP) is 1.46. The van der Waals surface area contributed by atoms with Crippen LogP contribution in [0.3, 0.4) is 0 Å². The maximum absolute atomic E-state index is 13.1. The molecule has 1 aliphatic heterocycles. The Morgan fingerprint density at radius 3 is 2.67 bits per heavy atom. The molecule has 0 aliphatic carbocycles. The van der Waals surface area contributed by atoms with Crippen LogP contribution in [-0.2, 0) is 6.54 Å². The van der Waals surface area contributed by atoms with Gasteiger partial charge in [-0.3, -0.25) is 14.2 Å². The summed E-state index contributed by atoms with van der Waals surface area (Å²) in [5.41, 5.74) is 0.0403. The fraction of sp³-hybridized carbons (Fsp3) is 0.375. The number of fused-ring (bicyclic) bond motifs is 1. The van der Waals surface area contributed by atoms with Crippen molar-refractivity contribution in [1.29, 1.82) is 0 Å². The molecule has 1 aromatic heterocycles. The molecule has 1 amide bonds. The molecule has 2 heterocycles. The van der Waals surface area contributed by atoms with Crippen LogP contribution < -0.4 is 15.8 Å². The van der Waals surface area contributed by atoms with Gasteiger partial charge >= 0.3 is 0 Å². The molecule has 126 valence electrons. The lowest BCUT2D eigenvalue weighted by Gasteiger charge is -2.16. The molecule has 8 heteroatoms. The maximum atomic E-state index is 13.1. The van der Waals surface area contributed by atoms with E-state index in [-0.39, 0.29) is 17.6 Å². The van der Waals surface area contributed by atoms with E-state index in [2.05, 4.69) is 15.5 Å². The van der Waals surface area contributed by atoms with Crippen molar-refractivity contribution in [1.82, 2.24) is 20.1 Å². The minimum atomic E-state index is -0.516. The lowest BCUT2D eigenvalue weighted by atomic mass is 10.2. The first-order valence-corrected chi connectivity index (χ1v) is 7.82. The Balaban J connectivity index is 1.92. The number of nitrogens with zero attached hydrogens (tertiary/aromatic N) is 4. The SMILES string of the molecule is CCC(C)NC(=O)c1nnc2n(c1=O)CCN2c1ccc(F)cc1. The minimum absolute atomic E-state index is 0.0485. The van der Waals surface area contributed by atoms with E-state index in [4.69, 9.17) is 0 Å². The van der Waals surface area contributed by atoms with Crippen molar-refractivity contribution in [2.24, 2.45) is 0 Å². The molecule has 0 radical (unpaired) electrons. The van der Waals surface area contributed by atoms with Gasteiger partial charge in [0.1, 0.15) is 5.82 Å². The Kier molecular flexibility index (Phi) is 4.28. The Labute approximate surface area is 138 Å². The molecular formula is C16H18FN5O2. The number of nitrogens with one attached hydrogen (secondary N) is 1. The van der Waals surface area contributed by atoms with Gasteiger partial charge in [-0.2, -0.15) is 0 Å². The second kappa shape index (κ2) is 6.38. The molecular weight excluding hydrogens is 313 g/mol. The topological polar surface area (TPSA) is 80.1 Å². The summed E-state index contributed by atoms with van der Waals surface area (Å²) >= 11 is 0. The van der Waals surface area contributed by atoms with Crippen LogP contribution in [-0.4, -0.2) is 33.3 Å². The summed E-state index contributed by atoms with van der Waals surface area (Å²) in [5, 5.41) is 10.6. The average Bonchev–Trinajstić information content (AvgIpc) is 3.00. The van der Waals surface area contributed by atoms with Crippen molar-refractivity contribution in [2.45, 2.75) is 32.9 Å². The first-order chi connectivity index (χ1) is 11.5. The van der Waals surface area contributed by atoms with E-state index in [1.165, 1.54) is 16.7 Å². The third-order valence-electron chi connectivity index (χ3n) is 4.06. The standard InChI is InChI=1S/C16H18FN5O2/c1-3-10(2)18-14(23)13-15(24)22-9-8-21(16(22)20-19-13)12-6-4-11(17)5-7-12/h4-7,10H,3,8-9H2,1-2H3,(H,18,23). The monoisotopic (exact) mass is 331 g/mol. The Morgan fingerprint density at radius 1 is 1.29 bits per heavy atom. The molecule has 7 nitrogen and oxygen atoms in total. The number of benzene rings is 1. The lowest BCUT2D eigenvalue weighted by Crippen LogP contribution is -2.38. The highest BCUT2D eigenvalue weighted by Crippen LogP contribution is 2.26. The highest BCUT2D eigenvalue weighted by atomic mass is 19.1. The Morgan fingerprint density at radius 2 is 2.00 bits per heavy atom. The Bertz CT molecular complexity index is 818. The van der Waals surface area contributed by atoms with E-state index in [0.29, 0.717) is 24.7 Å². The summed E-state index contributed by atoms with van der Waals surface area (Å²) < 4.78 is 14.5. The zero-order valence-corrected chi connectivity index (χ0v) is 13.5. The van der Waals surface area contributed by atoms with Gasteiger partial charge in [0.25, 0.3) is 11.5 Å². The number of carbonyl (C=O) groups excluding carboxylic acids is 1. The lowest BCUT2D eigenvalue weighted by molar-refractivity contribution is 0.0930. The van der Waals surface area contributed by atoms with Gasteiger partial charge in [0, 0.05) is 24.8 Å². The zero-order chi connectivity index (χ0) is 17.3. The minimum Gasteiger partial charge on any atom is -0.348 e. The van der Waals surface area contributed by atoms with Gasteiger partial charge in [0.2, 0.25) is 11.6 Å². The summed E-state index contributed by atoms with van der Waals surface area (Å²) in [6.45, 7) is 4.69. The highest BCUT2D eigenvalue weighted by molar-refractivity contribution is 5.92. The Hall–Kier alpha value is -2.77. The molecule has 1 N–H and O–H groups in total. The number of halogens is 1. The largest absolute Gasteiger partial charge is 0.348 e. The third kappa shape index (κ3) is 2.86. The van der Waals surface area contributed by atoms with Crippen LogP contribution in [0, 0.1) is 5.82 Å². The summed E-state index contributed by atoms with van der Waals surface area (Å²) in [4.78, 5) is 26.4. The predicted molar refractivity (Wildman–Crippen MR) is 86.9 cm³/mol. The number of anilines is 2. The zero-order valence-electron chi connectivity index (χ0n) is 13.5. The molecule has 1 atom stereocenters. The normalized spacial score (nSPS) is 14.4. The van der Waals surface area contributed by atoms with Crippen LogP contribution in [0.15, 0.2) is 29.1 Å². The number of rotatable bonds is 4. The second-order valence-corrected chi connectivity index (χ2v) is 5.72. The van der Waals surface area contributed by atoms with Crippen molar-refractivity contribution in [3.05, 3.63) is 46.1 Å². The molecule has 0 saturated heterocycles. The summed E-state index contributed by atoms with van der Waals surface area (Å²) in [6, 6.07) is 5.86. The van der Waals surface area contributed by atoms with Crippen LogP contribution in [0.25, 0.3) is 0 Å². The maximum Gasteiger partial charge on any atom is 0.286 e. The molecule has 0 saturated carbocycles. The molecule has 0 bridgehead atoms. The molecule has 3 rings (SSSR count). The van der Waals surface area contributed by atoms with Crippen molar-refractivity contribution >= 4 is 17.5 Å². The van der Waals surface area contributed by atoms with E-state index >= 15 is 0 Å². The van der Waals surface area contributed by atoms with Crippen LogP contribution in [0.4, 0.5) is 16.0 Å². The van der Waals surface area contributed by atoms with Crippen LogP contribution >= 0.6 is 0 Å². The molecule has 1 aliphatic rings. The van der Waals surface area contributed by atoms with Crippen molar-refractivity contribution < 1.29 is 9.18 Å². The summed E-state index contributed by atoms with van der Waals surface area (Å²) in [7, 11) is 0. The summed E-state index contributed by atoms with van der Waals surface area (Å²) in [5.74, 6) is -0.498. The molecule has 1 unspecified atom stereocenters. The van der Waals surface area contributed by atoms with Crippen LogP contribution in [0.1, 0.15) is 30.8 Å². The third-order valence-corrected chi connectivity index (χ3v) is 4.06.